The average molecular weight is 259 g/mol. The number of nitrogens with one attached hydrogen (secondary N) is 1. The van der Waals surface area contributed by atoms with Crippen molar-refractivity contribution in [1.82, 2.24) is 14.9 Å². The summed E-state index contributed by atoms with van der Waals surface area (Å²) in [6, 6.07) is 6.80. The molecule has 2 heterocycles. The van der Waals surface area contributed by atoms with Gasteiger partial charge in [0.1, 0.15) is 11.6 Å². The molecule has 1 atom stereocenters. The van der Waals surface area contributed by atoms with Crippen LogP contribution in [0.4, 0.5) is 4.39 Å². The van der Waals surface area contributed by atoms with Gasteiger partial charge >= 0.3 is 0 Å². The van der Waals surface area contributed by atoms with Crippen LogP contribution in [0.3, 0.4) is 0 Å². The third-order valence-electron chi connectivity index (χ3n) is 3.73. The number of likely N-dealkylation sites (tertiary alicyclic amines) is 1. The summed E-state index contributed by atoms with van der Waals surface area (Å²) in [5, 5.41) is 0. The largest absolute Gasteiger partial charge is 0.348 e. The van der Waals surface area contributed by atoms with Gasteiger partial charge in [-0.05, 0) is 37.1 Å². The Morgan fingerprint density at radius 2 is 2.16 bits per heavy atom. The lowest BCUT2D eigenvalue weighted by Crippen LogP contribution is -2.34. The molecule has 0 unspecified atom stereocenters. The molecular formula is C15H18FN3. The fraction of sp³-hybridized carbons (Fsp3) is 0.400. The van der Waals surface area contributed by atoms with E-state index in [4.69, 9.17) is 0 Å². The van der Waals surface area contributed by atoms with Crippen LogP contribution in [0.15, 0.2) is 36.7 Å². The number of H-pyrrole nitrogens is 1. The van der Waals surface area contributed by atoms with Gasteiger partial charge < -0.3 is 4.98 Å². The van der Waals surface area contributed by atoms with Crippen LogP contribution in [-0.4, -0.2) is 28.0 Å². The zero-order valence-electron chi connectivity index (χ0n) is 10.8. The molecule has 3 rings (SSSR count). The fourth-order valence-corrected chi connectivity index (χ4v) is 2.77. The Bertz CT molecular complexity index is 507. The molecule has 100 valence electrons. The van der Waals surface area contributed by atoms with Crippen LogP contribution in [0.5, 0.6) is 0 Å². The van der Waals surface area contributed by atoms with Gasteiger partial charge in [0, 0.05) is 31.4 Å². The average Bonchev–Trinajstić information content (AvgIpc) is 2.96. The van der Waals surface area contributed by atoms with Gasteiger partial charge in [0.05, 0.1) is 0 Å². The van der Waals surface area contributed by atoms with Crippen molar-refractivity contribution in [3.63, 3.8) is 0 Å². The van der Waals surface area contributed by atoms with Crippen molar-refractivity contribution in [3.05, 3.63) is 53.9 Å². The quantitative estimate of drug-likeness (QED) is 0.919. The monoisotopic (exact) mass is 259 g/mol. The molecule has 0 radical (unpaired) electrons. The molecule has 0 aliphatic carbocycles. The Labute approximate surface area is 112 Å². The molecule has 1 fully saturated rings. The molecule has 0 saturated carbocycles. The minimum Gasteiger partial charge on any atom is -0.348 e. The first-order valence-corrected chi connectivity index (χ1v) is 6.77. The van der Waals surface area contributed by atoms with Crippen LogP contribution in [0, 0.1) is 5.82 Å². The molecule has 3 nitrogen and oxygen atoms in total. The lowest BCUT2D eigenvalue weighted by atomic mass is 9.97. The summed E-state index contributed by atoms with van der Waals surface area (Å²) in [4.78, 5) is 9.99. The molecule has 1 aliphatic rings. The van der Waals surface area contributed by atoms with Crippen molar-refractivity contribution in [1.29, 1.82) is 0 Å². The smallest absolute Gasteiger partial charge is 0.123 e. The predicted octanol–water partition coefficient (Wildman–Crippen LogP) is 2.93. The number of halogens is 1. The van der Waals surface area contributed by atoms with Crippen molar-refractivity contribution in [2.75, 3.05) is 13.1 Å². The molecule has 4 heteroatoms. The van der Waals surface area contributed by atoms with Crippen molar-refractivity contribution in [3.8, 4) is 0 Å². The zero-order valence-corrected chi connectivity index (χ0v) is 10.8. The second-order valence-corrected chi connectivity index (χ2v) is 5.18. The molecule has 1 aliphatic heterocycles. The van der Waals surface area contributed by atoms with E-state index in [-0.39, 0.29) is 5.82 Å². The number of piperidine rings is 1. The van der Waals surface area contributed by atoms with Crippen LogP contribution >= 0.6 is 0 Å². The minimum absolute atomic E-state index is 0.171. The highest BCUT2D eigenvalue weighted by atomic mass is 19.1. The highest BCUT2D eigenvalue weighted by Gasteiger charge is 2.22. The standard InChI is InChI=1S/C15H18FN3/c16-14-5-3-12(4-6-14)10-19-9-1-2-13(11-19)15-17-7-8-18-15/h3-8,13H,1-2,9-11H2,(H,17,18)/t13-/m1/s1. The van der Waals surface area contributed by atoms with Gasteiger partial charge in [-0.25, -0.2) is 9.37 Å². The first-order valence-electron chi connectivity index (χ1n) is 6.77. The fourth-order valence-electron chi connectivity index (χ4n) is 2.77. The molecule has 1 saturated heterocycles. The number of rotatable bonds is 3. The van der Waals surface area contributed by atoms with Gasteiger partial charge in [-0.1, -0.05) is 12.1 Å². The minimum atomic E-state index is -0.171. The SMILES string of the molecule is Fc1ccc(CN2CCC[C@@H](c3ncc[nH]3)C2)cc1. The van der Waals surface area contributed by atoms with E-state index in [1.807, 2.05) is 24.5 Å². The van der Waals surface area contributed by atoms with E-state index in [2.05, 4.69) is 14.9 Å². The van der Waals surface area contributed by atoms with Crippen LogP contribution in [0.2, 0.25) is 0 Å². The second-order valence-electron chi connectivity index (χ2n) is 5.18. The van der Waals surface area contributed by atoms with Crippen molar-refractivity contribution >= 4 is 0 Å². The highest BCUT2D eigenvalue weighted by molar-refractivity contribution is 5.16. The van der Waals surface area contributed by atoms with Crippen LogP contribution in [0.1, 0.15) is 30.1 Å². The third-order valence-corrected chi connectivity index (χ3v) is 3.73. The molecule has 0 amide bonds. The van der Waals surface area contributed by atoms with Gasteiger partial charge in [0.25, 0.3) is 0 Å². The Hall–Kier alpha value is -1.68. The molecule has 1 aromatic carbocycles. The first-order chi connectivity index (χ1) is 9.31. The lowest BCUT2D eigenvalue weighted by molar-refractivity contribution is 0.197. The molecule has 1 N–H and O–H groups in total. The molecular weight excluding hydrogens is 241 g/mol. The van der Waals surface area contributed by atoms with Crippen LogP contribution in [0.25, 0.3) is 0 Å². The van der Waals surface area contributed by atoms with Crippen molar-refractivity contribution in [2.45, 2.75) is 25.3 Å². The lowest BCUT2D eigenvalue weighted by Gasteiger charge is -2.31. The van der Waals surface area contributed by atoms with Gasteiger partial charge in [-0.2, -0.15) is 0 Å². The number of hydrogen-bond donors (Lipinski definition) is 1. The summed E-state index contributed by atoms with van der Waals surface area (Å²) < 4.78 is 12.9. The number of benzene rings is 1. The third kappa shape index (κ3) is 3.01. The Morgan fingerprint density at radius 3 is 2.89 bits per heavy atom. The van der Waals surface area contributed by atoms with Crippen molar-refractivity contribution in [2.24, 2.45) is 0 Å². The number of hydrogen-bond acceptors (Lipinski definition) is 2. The van der Waals surface area contributed by atoms with Crippen LogP contribution in [-0.2, 0) is 6.54 Å². The summed E-state index contributed by atoms with van der Waals surface area (Å²) in [5.74, 6) is 1.41. The molecule has 19 heavy (non-hydrogen) atoms. The maximum Gasteiger partial charge on any atom is 0.123 e. The van der Waals surface area contributed by atoms with Gasteiger partial charge in [0.15, 0.2) is 0 Å². The molecule has 2 aromatic rings. The number of imidazole rings is 1. The maximum atomic E-state index is 12.9. The summed E-state index contributed by atoms with van der Waals surface area (Å²) in [5.41, 5.74) is 1.17. The summed E-state index contributed by atoms with van der Waals surface area (Å²) in [7, 11) is 0. The van der Waals surface area contributed by atoms with Crippen LogP contribution < -0.4 is 0 Å². The predicted molar refractivity (Wildman–Crippen MR) is 72.2 cm³/mol. The highest BCUT2D eigenvalue weighted by Crippen LogP contribution is 2.25. The topological polar surface area (TPSA) is 31.9 Å². The first kappa shape index (κ1) is 12.4. The normalized spacial score (nSPS) is 20.6. The van der Waals surface area contributed by atoms with E-state index in [0.717, 1.165) is 25.5 Å². The summed E-state index contributed by atoms with van der Waals surface area (Å²) >= 11 is 0. The van der Waals surface area contributed by atoms with E-state index < -0.39 is 0 Å². The maximum absolute atomic E-state index is 12.9. The van der Waals surface area contributed by atoms with E-state index in [1.165, 1.54) is 30.5 Å². The van der Waals surface area contributed by atoms with Crippen molar-refractivity contribution < 1.29 is 4.39 Å². The van der Waals surface area contributed by atoms with E-state index in [1.54, 1.807) is 0 Å². The van der Waals surface area contributed by atoms with E-state index in [0.29, 0.717) is 5.92 Å². The number of aromatic nitrogens is 2. The van der Waals surface area contributed by atoms with Gasteiger partial charge in [-0.3, -0.25) is 4.90 Å². The van der Waals surface area contributed by atoms with Gasteiger partial charge in [0.2, 0.25) is 0 Å². The van der Waals surface area contributed by atoms with E-state index in [9.17, 15) is 4.39 Å². The molecule has 1 aromatic heterocycles. The van der Waals surface area contributed by atoms with E-state index >= 15 is 0 Å². The van der Waals surface area contributed by atoms with Gasteiger partial charge in [-0.15, -0.1) is 0 Å². The second kappa shape index (κ2) is 5.53. The summed E-state index contributed by atoms with van der Waals surface area (Å²) in [6.07, 6.45) is 6.07. The Kier molecular flexibility index (Phi) is 3.60. The Balaban J connectivity index is 1.64. The zero-order chi connectivity index (χ0) is 13.1. The Morgan fingerprint density at radius 1 is 1.32 bits per heavy atom. The number of nitrogens with zero attached hydrogens (tertiary/aromatic N) is 2. The number of aromatic amines is 1. The molecule has 0 spiro atoms. The summed E-state index contributed by atoms with van der Waals surface area (Å²) in [6.45, 7) is 3.01. The molecule has 0 bridgehead atoms.